The van der Waals surface area contributed by atoms with Crippen molar-refractivity contribution in [3.63, 3.8) is 0 Å². The van der Waals surface area contributed by atoms with E-state index in [1.807, 2.05) is 0 Å². The molecule has 1 amide bonds. The number of hydrogen-bond donors (Lipinski definition) is 2. The van der Waals surface area contributed by atoms with Gasteiger partial charge in [0, 0.05) is 5.56 Å². The Kier molecular flexibility index (Phi) is 6.59. The third-order valence-electron chi connectivity index (χ3n) is 4.41. The van der Waals surface area contributed by atoms with Crippen LogP contribution in [0.25, 0.3) is 0 Å². The van der Waals surface area contributed by atoms with E-state index >= 15 is 0 Å². The molecule has 9 nitrogen and oxygen atoms in total. The van der Waals surface area contributed by atoms with E-state index < -0.39 is 47.5 Å². The molecule has 2 heterocycles. The molecule has 1 unspecified atom stereocenters. The van der Waals surface area contributed by atoms with Gasteiger partial charge in [-0.2, -0.15) is 18.2 Å². The van der Waals surface area contributed by atoms with Gasteiger partial charge in [0.2, 0.25) is 11.6 Å². The van der Waals surface area contributed by atoms with Crippen LogP contribution >= 0.6 is 0 Å². The van der Waals surface area contributed by atoms with Crippen molar-refractivity contribution < 1.29 is 41.4 Å². The van der Waals surface area contributed by atoms with Crippen molar-refractivity contribution in [2.45, 2.75) is 31.5 Å². The number of alkyl halides is 3. The highest BCUT2D eigenvalue weighted by Gasteiger charge is 2.40. The zero-order chi connectivity index (χ0) is 22.6. The number of hydrogen-bond acceptors (Lipinski definition) is 8. The van der Waals surface area contributed by atoms with E-state index in [1.165, 1.54) is 24.3 Å². The molecule has 166 valence electrons. The van der Waals surface area contributed by atoms with Gasteiger partial charge in [-0.15, -0.1) is 0 Å². The molecule has 0 radical (unpaired) electrons. The van der Waals surface area contributed by atoms with Crippen molar-refractivity contribution in [2.75, 3.05) is 19.0 Å². The molecule has 2 aromatic rings. The number of benzene rings is 1. The monoisotopic (exact) mass is 441 g/mol. The number of nitrogens with zero attached hydrogens (tertiary/aromatic N) is 1. The second kappa shape index (κ2) is 9.16. The fraction of sp³-hybridized carbons (Fsp3) is 0.368. The van der Waals surface area contributed by atoms with E-state index in [1.54, 1.807) is 0 Å². The van der Waals surface area contributed by atoms with Crippen LogP contribution in [0, 0.1) is 0 Å². The van der Waals surface area contributed by atoms with Gasteiger partial charge in [0.05, 0.1) is 7.11 Å². The van der Waals surface area contributed by atoms with Gasteiger partial charge < -0.3 is 19.2 Å². The zero-order valence-corrected chi connectivity index (χ0v) is 16.2. The Labute approximate surface area is 173 Å². The van der Waals surface area contributed by atoms with Crippen LogP contribution in [0.2, 0.25) is 0 Å². The SMILES string of the molecule is COC(=O)c1nc(C(F)(F)F)oc1NC(=O)c1ccc(OC(=O)C2CCCCN2)cc1. The van der Waals surface area contributed by atoms with Crippen LogP contribution in [-0.4, -0.2) is 42.5 Å². The van der Waals surface area contributed by atoms with Crippen LogP contribution in [0.3, 0.4) is 0 Å². The Morgan fingerprint density at radius 2 is 1.90 bits per heavy atom. The molecule has 1 aromatic carbocycles. The highest BCUT2D eigenvalue weighted by molar-refractivity contribution is 6.06. The van der Waals surface area contributed by atoms with Gasteiger partial charge in [0.15, 0.2) is 0 Å². The summed E-state index contributed by atoms with van der Waals surface area (Å²) in [6.07, 6.45) is -2.40. The van der Waals surface area contributed by atoms with Gasteiger partial charge >= 0.3 is 24.0 Å². The summed E-state index contributed by atoms with van der Waals surface area (Å²) in [6.45, 7) is 0.726. The first-order valence-corrected chi connectivity index (χ1v) is 9.22. The number of aromatic nitrogens is 1. The molecule has 0 saturated carbocycles. The van der Waals surface area contributed by atoms with Crippen LogP contribution in [0.5, 0.6) is 5.75 Å². The van der Waals surface area contributed by atoms with Crippen molar-refractivity contribution in [1.29, 1.82) is 0 Å². The molecule has 0 aliphatic carbocycles. The number of amides is 1. The maximum absolute atomic E-state index is 12.8. The summed E-state index contributed by atoms with van der Waals surface area (Å²) >= 11 is 0. The average molecular weight is 441 g/mol. The van der Waals surface area contributed by atoms with Crippen molar-refractivity contribution in [1.82, 2.24) is 10.3 Å². The van der Waals surface area contributed by atoms with E-state index in [0.29, 0.717) is 6.42 Å². The summed E-state index contributed by atoms with van der Waals surface area (Å²) in [7, 11) is 0.943. The molecule has 12 heteroatoms. The average Bonchev–Trinajstić information content (AvgIpc) is 3.18. The first kappa shape index (κ1) is 22.3. The summed E-state index contributed by atoms with van der Waals surface area (Å²) < 4.78 is 52.6. The predicted molar refractivity (Wildman–Crippen MR) is 98.5 cm³/mol. The fourth-order valence-corrected chi connectivity index (χ4v) is 2.85. The summed E-state index contributed by atoms with van der Waals surface area (Å²) in [4.78, 5) is 39.2. The molecule has 1 aliphatic rings. The lowest BCUT2D eigenvalue weighted by atomic mass is 10.1. The second-order valence-corrected chi connectivity index (χ2v) is 6.59. The molecule has 1 saturated heterocycles. The van der Waals surface area contributed by atoms with Gasteiger partial charge in [-0.25, -0.2) is 9.59 Å². The predicted octanol–water partition coefficient (Wildman–Crippen LogP) is 2.78. The van der Waals surface area contributed by atoms with Gasteiger partial charge in [-0.3, -0.25) is 10.1 Å². The molecule has 3 rings (SSSR count). The molecule has 2 N–H and O–H groups in total. The molecule has 31 heavy (non-hydrogen) atoms. The maximum Gasteiger partial charge on any atom is 0.469 e. The minimum atomic E-state index is -4.97. The topological polar surface area (TPSA) is 120 Å². The second-order valence-electron chi connectivity index (χ2n) is 6.59. The molecular weight excluding hydrogens is 423 g/mol. The third kappa shape index (κ3) is 5.40. The Hall–Kier alpha value is -3.41. The number of oxazole rings is 1. The quantitative estimate of drug-likeness (QED) is 0.537. The molecule has 0 bridgehead atoms. The molecule has 1 aromatic heterocycles. The van der Waals surface area contributed by atoms with Crippen LogP contribution in [0.4, 0.5) is 19.1 Å². The fourth-order valence-electron chi connectivity index (χ4n) is 2.85. The highest BCUT2D eigenvalue weighted by Crippen LogP contribution is 2.32. The molecular formula is C19H18F3N3O6. The number of esters is 2. The van der Waals surface area contributed by atoms with Crippen LogP contribution in [0.15, 0.2) is 28.7 Å². The van der Waals surface area contributed by atoms with Gasteiger partial charge in [-0.1, -0.05) is 6.42 Å². The number of carbonyl (C=O) groups is 3. The summed E-state index contributed by atoms with van der Waals surface area (Å²) in [5, 5.41) is 5.11. The Morgan fingerprint density at radius 3 is 2.48 bits per heavy atom. The normalized spacial score (nSPS) is 16.5. The molecule has 1 atom stereocenters. The first-order valence-electron chi connectivity index (χ1n) is 9.22. The number of anilines is 1. The van der Waals surface area contributed by atoms with Crippen molar-refractivity contribution in [3.05, 3.63) is 41.4 Å². The maximum atomic E-state index is 12.8. The Balaban J connectivity index is 1.70. The number of nitrogens with one attached hydrogen (secondary N) is 2. The molecule has 1 fully saturated rings. The Bertz CT molecular complexity index is 965. The number of halogens is 3. The molecule has 0 spiro atoms. The van der Waals surface area contributed by atoms with Crippen molar-refractivity contribution in [3.8, 4) is 5.75 Å². The lowest BCUT2D eigenvalue weighted by Crippen LogP contribution is -2.42. The van der Waals surface area contributed by atoms with Gasteiger partial charge in [0.1, 0.15) is 11.8 Å². The van der Waals surface area contributed by atoms with Crippen LogP contribution in [-0.2, 0) is 15.7 Å². The largest absolute Gasteiger partial charge is 0.469 e. The lowest BCUT2D eigenvalue weighted by molar-refractivity contribution is -0.156. The van der Waals surface area contributed by atoms with Crippen molar-refractivity contribution >= 4 is 23.7 Å². The first-order chi connectivity index (χ1) is 14.7. The highest BCUT2D eigenvalue weighted by atomic mass is 19.4. The van der Waals surface area contributed by atoms with E-state index in [9.17, 15) is 27.6 Å². The minimum Gasteiger partial charge on any atom is -0.464 e. The zero-order valence-electron chi connectivity index (χ0n) is 16.2. The molecule has 1 aliphatic heterocycles. The number of carbonyl (C=O) groups excluding carboxylic acids is 3. The van der Waals surface area contributed by atoms with Crippen LogP contribution < -0.4 is 15.4 Å². The number of rotatable bonds is 5. The van der Waals surface area contributed by atoms with Gasteiger partial charge in [-0.05, 0) is 43.7 Å². The van der Waals surface area contributed by atoms with Gasteiger partial charge in [0.25, 0.3) is 5.91 Å². The summed E-state index contributed by atoms with van der Waals surface area (Å²) in [5.41, 5.74) is -0.815. The third-order valence-corrected chi connectivity index (χ3v) is 4.41. The standard InChI is InChI=1S/C19H18F3N3O6/c1-29-17(28)13-15(31-18(24-13)19(20,21)22)25-14(26)10-5-7-11(8-6-10)30-16(27)12-4-2-3-9-23-12/h5-8,12,23H,2-4,9H2,1H3,(H,25,26). The minimum absolute atomic E-state index is 0.0105. The number of methoxy groups -OCH3 is 1. The summed E-state index contributed by atoms with van der Waals surface area (Å²) in [5.74, 6) is -4.84. The Morgan fingerprint density at radius 1 is 1.19 bits per heavy atom. The lowest BCUT2D eigenvalue weighted by Gasteiger charge is -2.21. The smallest absolute Gasteiger partial charge is 0.464 e. The number of piperidine rings is 1. The number of ether oxygens (including phenoxy) is 2. The summed E-state index contributed by atoms with van der Waals surface area (Å²) in [6, 6.07) is 4.91. The van der Waals surface area contributed by atoms with E-state index in [4.69, 9.17) is 4.74 Å². The van der Waals surface area contributed by atoms with Crippen molar-refractivity contribution in [2.24, 2.45) is 0 Å². The van der Waals surface area contributed by atoms with E-state index in [0.717, 1.165) is 26.5 Å². The van der Waals surface area contributed by atoms with E-state index in [-0.39, 0.29) is 11.3 Å². The van der Waals surface area contributed by atoms with E-state index in [2.05, 4.69) is 24.8 Å². The van der Waals surface area contributed by atoms with Crippen LogP contribution in [0.1, 0.15) is 46.0 Å².